The van der Waals surface area contributed by atoms with Crippen molar-refractivity contribution in [1.82, 2.24) is 9.55 Å². The first kappa shape index (κ1) is 26.8. The van der Waals surface area contributed by atoms with Gasteiger partial charge >= 0.3 is 41.4 Å². The van der Waals surface area contributed by atoms with E-state index in [1.807, 2.05) is 0 Å². The number of H-pyrrole nitrogens is 1. The Kier molecular flexibility index (Phi) is 9.84. The van der Waals surface area contributed by atoms with Gasteiger partial charge < -0.3 is 14.0 Å². The molecule has 0 radical (unpaired) electrons. The van der Waals surface area contributed by atoms with Gasteiger partial charge in [0.05, 0.1) is 22.8 Å². The molecule has 0 unspecified atom stereocenters. The monoisotopic (exact) mass is 462 g/mol. The average Bonchev–Trinajstić information content (AvgIpc) is 2.66. The summed E-state index contributed by atoms with van der Waals surface area (Å²) in [6, 6.07) is 6.30. The van der Waals surface area contributed by atoms with E-state index in [2.05, 4.69) is 9.72 Å². The first-order valence-electron chi connectivity index (χ1n) is 8.67. The van der Waals surface area contributed by atoms with Gasteiger partial charge in [0, 0.05) is 24.3 Å². The van der Waals surface area contributed by atoms with E-state index in [0.717, 1.165) is 7.11 Å². The third kappa shape index (κ3) is 7.74. The van der Waals surface area contributed by atoms with E-state index in [0.29, 0.717) is 15.7 Å². The zero-order valence-corrected chi connectivity index (χ0v) is 20.0. The summed E-state index contributed by atoms with van der Waals surface area (Å²) in [6.07, 6.45) is -1.48. The molecule has 0 fully saturated rings. The van der Waals surface area contributed by atoms with Crippen LogP contribution in [0.3, 0.4) is 0 Å². The van der Waals surface area contributed by atoms with Crippen LogP contribution in [0.15, 0.2) is 33.9 Å². The number of aromatic nitrogens is 2. The molecule has 1 heterocycles. The van der Waals surface area contributed by atoms with Crippen LogP contribution < -0.4 is 45.5 Å². The van der Waals surface area contributed by atoms with Gasteiger partial charge in [0.15, 0.2) is 5.78 Å². The van der Waals surface area contributed by atoms with Crippen molar-refractivity contribution in [2.24, 2.45) is 0 Å². The molecule has 31 heavy (non-hydrogen) atoms. The van der Waals surface area contributed by atoms with E-state index in [-0.39, 0.29) is 60.3 Å². The van der Waals surface area contributed by atoms with Crippen molar-refractivity contribution in [3.8, 4) is 5.88 Å². The van der Waals surface area contributed by atoms with Gasteiger partial charge in [-0.1, -0.05) is 24.3 Å². The quantitative estimate of drug-likeness (QED) is 0.192. The number of benzene rings is 1. The molecule has 0 aliphatic heterocycles. The molecule has 13 heteroatoms. The molecule has 162 valence electrons. The maximum Gasteiger partial charge on any atom is 1.00 e. The minimum Gasteiger partial charge on any atom is -0.748 e. The number of ether oxygens (including phenoxy) is 2. The van der Waals surface area contributed by atoms with Crippen LogP contribution in [0.5, 0.6) is 5.88 Å². The predicted molar refractivity (Wildman–Crippen MR) is 103 cm³/mol. The second-order valence-electron chi connectivity index (χ2n) is 6.30. The minimum absolute atomic E-state index is 0. The molecule has 0 amide bonds. The molecule has 0 spiro atoms. The average molecular weight is 462 g/mol. The number of carbonyl (C=O) groups is 2. The van der Waals surface area contributed by atoms with Gasteiger partial charge in [-0.15, -0.1) is 0 Å². The Labute approximate surface area is 199 Å². The maximum atomic E-state index is 12.8. The molecule has 0 aliphatic carbocycles. The van der Waals surface area contributed by atoms with Crippen LogP contribution in [0.4, 0.5) is 4.79 Å². The number of ketones is 1. The van der Waals surface area contributed by atoms with Gasteiger partial charge in [-0.2, -0.15) is 0 Å². The number of nitrogens with one attached hydrogen (secondary N) is 1. The summed E-state index contributed by atoms with van der Waals surface area (Å²) >= 11 is 0. The third-order valence-corrected chi connectivity index (χ3v) is 4.90. The van der Waals surface area contributed by atoms with Crippen molar-refractivity contribution < 1.29 is 61.6 Å². The molecule has 1 aromatic carbocycles. The number of carbonyl (C=O) groups excluding carboxylic acids is 2. The van der Waals surface area contributed by atoms with Crippen molar-refractivity contribution >= 4 is 22.1 Å². The topological polar surface area (TPSA) is 165 Å². The fourth-order valence-electron chi connectivity index (χ4n) is 2.62. The van der Waals surface area contributed by atoms with E-state index in [1.54, 1.807) is 24.3 Å². The van der Waals surface area contributed by atoms with Gasteiger partial charge in [-0.25, -0.2) is 18.0 Å². The van der Waals surface area contributed by atoms with Crippen molar-refractivity contribution in [1.29, 1.82) is 0 Å². The van der Waals surface area contributed by atoms with Crippen molar-refractivity contribution in [3.05, 3.63) is 61.8 Å². The summed E-state index contributed by atoms with van der Waals surface area (Å²) in [5, 5.41) is 0. The zero-order chi connectivity index (χ0) is 22.5. The van der Waals surface area contributed by atoms with Crippen molar-refractivity contribution in [2.75, 3.05) is 12.9 Å². The Hall–Kier alpha value is -2.25. The Morgan fingerprint density at radius 2 is 1.77 bits per heavy atom. The first-order valence-corrected chi connectivity index (χ1v) is 10.2. The van der Waals surface area contributed by atoms with E-state index in [4.69, 9.17) is 4.74 Å². The number of Topliss-reactive ketones (excluding diaryl/α,β-unsaturated/α-hetero) is 1. The molecule has 0 atom stereocenters. The molecule has 2 rings (SSSR count). The molecule has 1 N–H and O–H groups in total. The molecule has 2 aromatic rings. The Morgan fingerprint density at radius 3 is 2.29 bits per heavy atom. The summed E-state index contributed by atoms with van der Waals surface area (Å²) in [5.74, 6) is -1.31. The van der Waals surface area contributed by atoms with Gasteiger partial charge in [0.25, 0.3) is 5.56 Å². The number of nitrogens with zero attached hydrogens (tertiary/aromatic N) is 1. The predicted octanol–water partition coefficient (Wildman–Crippen LogP) is -2.59. The molecule has 0 saturated heterocycles. The van der Waals surface area contributed by atoms with E-state index in [9.17, 15) is 32.1 Å². The van der Waals surface area contributed by atoms with Crippen LogP contribution >= 0.6 is 0 Å². The van der Waals surface area contributed by atoms with E-state index < -0.39 is 39.2 Å². The largest absolute Gasteiger partial charge is 1.00 e. The van der Waals surface area contributed by atoms with E-state index >= 15 is 0 Å². The summed E-state index contributed by atoms with van der Waals surface area (Å²) in [6.45, 7) is 1.07. The maximum absolute atomic E-state index is 12.8. The fraction of sp³-hybridized carbons (Fsp3) is 0.333. The number of rotatable bonds is 8. The van der Waals surface area contributed by atoms with Crippen LogP contribution in [0.1, 0.15) is 34.8 Å². The summed E-state index contributed by atoms with van der Waals surface area (Å²) in [7, 11) is -3.46. The molecule has 0 bridgehead atoms. The van der Waals surface area contributed by atoms with Gasteiger partial charge in [-0.05, 0) is 18.9 Å². The standard InChI is InChI=1S/C18H20N2O9S.Na/c1-11(21)13-6-4-12(5-7-13)10-14-15(29-18(24)28-2)19-17(23)20(16(14)22)8-3-9-30(25,26)27;/h4-7H,3,8-10H2,1-2H3,(H,19,23)(H,25,26,27);/q;+1/p-1. The summed E-state index contributed by atoms with van der Waals surface area (Å²) < 4.78 is 42.3. The van der Waals surface area contributed by atoms with Gasteiger partial charge in [-0.3, -0.25) is 19.1 Å². The number of aromatic amines is 1. The molecular weight excluding hydrogens is 443 g/mol. The van der Waals surface area contributed by atoms with Crippen molar-refractivity contribution in [2.45, 2.75) is 26.3 Å². The van der Waals surface area contributed by atoms with Crippen molar-refractivity contribution in [3.63, 3.8) is 0 Å². The second-order valence-corrected chi connectivity index (χ2v) is 7.82. The first-order chi connectivity index (χ1) is 14.0. The van der Waals surface area contributed by atoms with Crippen LogP contribution in [0.25, 0.3) is 0 Å². The molecular formula is C18H19N2NaO9S. The smallest absolute Gasteiger partial charge is 0.748 e. The van der Waals surface area contributed by atoms with Crippen LogP contribution in [-0.4, -0.2) is 47.3 Å². The number of hydrogen-bond donors (Lipinski definition) is 1. The molecule has 0 aliphatic rings. The van der Waals surface area contributed by atoms with Crippen LogP contribution in [-0.2, 0) is 27.8 Å². The normalized spacial score (nSPS) is 10.8. The molecule has 0 saturated carbocycles. The van der Waals surface area contributed by atoms with Gasteiger partial charge in [0.2, 0.25) is 5.88 Å². The number of methoxy groups -OCH3 is 1. The van der Waals surface area contributed by atoms with Gasteiger partial charge in [0.1, 0.15) is 0 Å². The summed E-state index contributed by atoms with van der Waals surface area (Å²) in [4.78, 5) is 50.2. The third-order valence-electron chi connectivity index (χ3n) is 4.11. The van der Waals surface area contributed by atoms with Crippen LogP contribution in [0.2, 0.25) is 0 Å². The Morgan fingerprint density at radius 1 is 1.16 bits per heavy atom. The van der Waals surface area contributed by atoms with Crippen LogP contribution in [0, 0.1) is 0 Å². The second kappa shape index (κ2) is 11.4. The summed E-state index contributed by atoms with van der Waals surface area (Å²) in [5.41, 5.74) is -0.829. The Balaban J connectivity index is 0.00000480. The molecule has 1 aromatic heterocycles. The molecule has 11 nitrogen and oxygen atoms in total. The number of hydrogen-bond acceptors (Lipinski definition) is 9. The SMILES string of the molecule is COC(=O)Oc1[nH]c(=O)n(CCCS(=O)(=O)[O-])c(=O)c1Cc1ccc(C(C)=O)cc1.[Na+]. The zero-order valence-electron chi connectivity index (χ0n) is 17.2. The fourth-order valence-corrected chi connectivity index (χ4v) is 3.11. The Bertz CT molecular complexity index is 1170. The van der Waals surface area contributed by atoms with E-state index in [1.165, 1.54) is 6.92 Å². The minimum atomic E-state index is -4.51.